The summed E-state index contributed by atoms with van der Waals surface area (Å²) in [4.78, 5) is 11.3. The minimum Gasteiger partial charge on any atom is -0.480 e. The van der Waals surface area contributed by atoms with E-state index in [4.69, 9.17) is 0 Å². The molecule has 0 bridgehead atoms. The van der Waals surface area contributed by atoms with E-state index in [9.17, 15) is 9.90 Å². The third kappa shape index (κ3) is 1.86. The van der Waals surface area contributed by atoms with E-state index in [0.29, 0.717) is 24.2 Å². The Morgan fingerprint density at radius 1 is 1.67 bits per heavy atom. The molecule has 1 unspecified atom stereocenters. The molecule has 1 atom stereocenters. The molecule has 2 rings (SSSR count). The zero-order valence-electron chi connectivity index (χ0n) is 8.39. The van der Waals surface area contributed by atoms with Crippen molar-refractivity contribution in [1.82, 2.24) is 10.3 Å². The van der Waals surface area contributed by atoms with Gasteiger partial charge in [-0.25, -0.2) is 4.63 Å². The van der Waals surface area contributed by atoms with Gasteiger partial charge in [0.05, 0.1) is 0 Å². The number of carboxylic acid groups (broad SMARTS) is 1. The second-order valence-electron chi connectivity index (χ2n) is 3.72. The number of thioether (sulfide) groups is 1. The predicted octanol–water partition coefficient (Wildman–Crippen LogP) is 1.27. The van der Waals surface area contributed by atoms with E-state index in [1.165, 1.54) is 11.8 Å². The van der Waals surface area contributed by atoms with Crippen LogP contribution in [-0.4, -0.2) is 31.9 Å². The maximum atomic E-state index is 11.3. The molecule has 1 aliphatic rings. The third-order valence-corrected chi connectivity index (χ3v) is 4.26. The van der Waals surface area contributed by atoms with Crippen LogP contribution in [0.2, 0.25) is 0 Å². The molecular weight excluding hydrogens is 216 g/mol. The van der Waals surface area contributed by atoms with Gasteiger partial charge in [-0.05, 0) is 25.5 Å². The zero-order valence-corrected chi connectivity index (χ0v) is 9.21. The number of nitrogens with zero attached hydrogens (tertiary/aromatic N) is 2. The Bertz CT molecular complexity index is 371. The normalized spacial score (nSPS) is 25.7. The fourth-order valence-electron chi connectivity index (χ4n) is 1.76. The summed E-state index contributed by atoms with van der Waals surface area (Å²) in [5.74, 6) is 0.142. The molecule has 82 valence electrons. The number of hydrogen-bond donors (Lipinski definition) is 1. The first-order valence-electron chi connectivity index (χ1n) is 4.79. The van der Waals surface area contributed by atoms with E-state index in [2.05, 4.69) is 14.9 Å². The van der Waals surface area contributed by atoms with Crippen molar-refractivity contribution in [2.75, 3.05) is 5.75 Å². The molecular formula is C9H12N2O3S. The highest BCUT2D eigenvalue weighted by atomic mass is 32.2. The van der Waals surface area contributed by atoms with Crippen molar-refractivity contribution in [2.24, 2.45) is 0 Å². The van der Waals surface area contributed by atoms with E-state index in [1.807, 2.05) is 0 Å². The molecule has 1 fully saturated rings. The highest BCUT2D eigenvalue weighted by Crippen LogP contribution is 2.41. The Labute approximate surface area is 91.2 Å². The molecule has 0 aromatic carbocycles. The lowest BCUT2D eigenvalue weighted by Crippen LogP contribution is -2.35. The Kier molecular flexibility index (Phi) is 2.68. The van der Waals surface area contributed by atoms with Gasteiger partial charge in [-0.2, -0.15) is 0 Å². The van der Waals surface area contributed by atoms with Gasteiger partial charge in [0.2, 0.25) is 0 Å². The van der Waals surface area contributed by atoms with Gasteiger partial charge in [-0.1, -0.05) is 10.3 Å². The van der Waals surface area contributed by atoms with E-state index >= 15 is 0 Å². The third-order valence-electron chi connectivity index (χ3n) is 2.69. The van der Waals surface area contributed by atoms with Crippen molar-refractivity contribution in [3.05, 3.63) is 11.4 Å². The molecule has 5 nitrogen and oxygen atoms in total. The second kappa shape index (κ2) is 3.84. The van der Waals surface area contributed by atoms with Crippen LogP contribution in [0.25, 0.3) is 0 Å². The van der Waals surface area contributed by atoms with Crippen LogP contribution in [0.15, 0.2) is 4.63 Å². The second-order valence-corrected chi connectivity index (χ2v) is 5.20. The SMILES string of the molecule is Cc1nonc1CC1(C(=O)O)CCCS1. The van der Waals surface area contributed by atoms with E-state index in [-0.39, 0.29) is 0 Å². The van der Waals surface area contributed by atoms with Gasteiger partial charge in [0.15, 0.2) is 0 Å². The standard InChI is InChI=1S/C9H12N2O3S/c1-6-7(11-14-10-6)5-9(8(12)13)3-2-4-15-9/h2-5H2,1H3,(H,12,13). The average Bonchev–Trinajstić information content (AvgIpc) is 2.78. The lowest BCUT2D eigenvalue weighted by atomic mass is 9.97. The monoisotopic (exact) mass is 228 g/mol. The highest BCUT2D eigenvalue weighted by molar-refractivity contribution is 8.01. The van der Waals surface area contributed by atoms with E-state index in [1.54, 1.807) is 6.92 Å². The van der Waals surface area contributed by atoms with Crippen LogP contribution in [0.3, 0.4) is 0 Å². The quantitative estimate of drug-likeness (QED) is 0.839. The van der Waals surface area contributed by atoms with Crippen LogP contribution in [0.1, 0.15) is 24.2 Å². The zero-order chi connectivity index (χ0) is 10.9. The van der Waals surface area contributed by atoms with Crippen LogP contribution in [0.4, 0.5) is 0 Å². The molecule has 0 spiro atoms. The van der Waals surface area contributed by atoms with Crippen molar-refractivity contribution in [2.45, 2.75) is 30.9 Å². The molecule has 6 heteroatoms. The fourth-order valence-corrected chi connectivity index (χ4v) is 3.09. The van der Waals surface area contributed by atoms with Crippen molar-refractivity contribution in [3.8, 4) is 0 Å². The van der Waals surface area contributed by atoms with Gasteiger partial charge in [0.1, 0.15) is 16.1 Å². The van der Waals surface area contributed by atoms with Gasteiger partial charge >= 0.3 is 5.97 Å². The summed E-state index contributed by atoms with van der Waals surface area (Å²) in [6.07, 6.45) is 2.04. The van der Waals surface area contributed by atoms with Gasteiger partial charge in [0, 0.05) is 6.42 Å². The van der Waals surface area contributed by atoms with Crippen molar-refractivity contribution in [1.29, 1.82) is 0 Å². The largest absolute Gasteiger partial charge is 0.480 e. The Morgan fingerprint density at radius 3 is 2.93 bits per heavy atom. The topological polar surface area (TPSA) is 76.2 Å². The Morgan fingerprint density at radius 2 is 2.47 bits per heavy atom. The lowest BCUT2D eigenvalue weighted by Gasteiger charge is -2.21. The summed E-state index contributed by atoms with van der Waals surface area (Å²) in [7, 11) is 0. The molecule has 1 saturated heterocycles. The molecule has 1 N–H and O–H groups in total. The predicted molar refractivity (Wildman–Crippen MR) is 54.8 cm³/mol. The van der Waals surface area contributed by atoms with Crippen molar-refractivity contribution >= 4 is 17.7 Å². The number of hydrogen-bond acceptors (Lipinski definition) is 5. The first kappa shape index (κ1) is 10.5. The summed E-state index contributed by atoms with van der Waals surface area (Å²) in [6, 6.07) is 0. The summed E-state index contributed by atoms with van der Waals surface area (Å²) < 4.78 is 3.86. The van der Waals surface area contributed by atoms with Crippen LogP contribution in [0.5, 0.6) is 0 Å². The number of aryl methyl sites for hydroxylation is 1. The number of carbonyl (C=O) groups is 1. The molecule has 1 aromatic heterocycles. The molecule has 0 radical (unpaired) electrons. The van der Waals surface area contributed by atoms with Crippen LogP contribution in [0, 0.1) is 6.92 Å². The summed E-state index contributed by atoms with van der Waals surface area (Å²) >= 11 is 1.50. The first-order valence-corrected chi connectivity index (χ1v) is 5.78. The minimum absolute atomic E-state index is 0.405. The highest BCUT2D eigenvalue weighted by Gasteiger charge is 2.43. The number of rotatable bonds is 3. The van der Waals surface area contributed by atoms with Crippen LogP contribution in [-0.2, 0) is 11.2 Å². The van der Waals surface area contributed by atoms with E-state index < -0.39 is 10.7 Å². The van der Waals surface area contributed by atoms with Gasteiger partial charge < -0.3 is 5.11 Å². The Balaban J connectivity index is 2.21. The van der Waals surface area contributed by atoms with Crippen LogP contribution >= 0.6 is 11.8 Å². The lowest BCUT2D eigenvalue weighted by molar-refractivity contribution is -0.139. The summed E-state index contributed by atoms with van der Waals surface area (Å²) in [6.45, 7) is 1.78. The summed E-state index contributed by atoms with van der Waals surface area (Å²) in [5, 5.41) is 16.7. The first-order chi connectivity index (χ1) is 7.14. The number of carboxylic acids is 1. The molecule has 2 heterocycles. The Hall–Kier alpha value is -1.04. The average molecular weight is 228 g/mol. The van der Waals surface area contributed by atoms with Gasteiger partial charge in [0.25, 0.3) is 0 Å². The molecule has 1 aliphatic heterocycles. The van der Waals surface area contributed by atoms with Crippen molar-refractivity contribution < 1.29 is 14.5 Å². The molecule has 0 aliphatic carbocycles. The minimum atomic E-state index is -0.757. The molecule has 0 amide bonds. The van der Waals surface area contributed by atoms with E-state index in [0.717, 1.165) is 12.2 Å². The maximum absolute atomic E-state index is 11.3. The van der Waals surface area contributed by atoms with Crippen LogP contribution < -0.4 is 0 Å². The smallest absolute Gasteiger partial charge is 0.320 e. The van der Waals surface area contributed by atoms with Gasteiger partial charge in [-0.3, -0.25) is 4.79 Å². The fraction of sp³-hybridized carbons (Fsp3) is 0.667. The number of aliphatic carboxylic acids is 1. The number of aromatic nitrogens is 2. The van der Waals surface area contributed by atoms with Gasteiger partial charge in [-0.15, -0.1) is 11.8 Å². The molecule has 15 heavy (non-hydrogen) atoms. The molecule has 1 aromatic rings. The maximum Gasteiger partial charge on any atom is 0.320 e. The van der Waals surface area contributed by atoms with Crippen molar-refractivity contribution in [3.63, 3.8) is 0 Å². The summed E-state index contributed by atoms with van der Waals surface area (Å²) in [5.41, 5.74) is 1.34. The molecule has 0 saturated carbocycles.